The average Bonchev–Trinajstić information content (AvgIpc) is 2.98. The fraction of sp³-hybridized carbons (Fsp3) is 0.100. The Morgan fingerprint density at radius 3 is 2.60 bits per heavy atom. The molecule has 2 aromatic carbocycles. The molecule has 0 bridgehead atoms. The Bertz CT molecular complexity index is 1400. The van der Waals surface area contributed by atoms with Gasteiger partial charge in [0.2, 0.25) is 5.88 Å². The largest absolute Gasteiger partial charge is 0.493 e. The molecule has 0 aliphatic heterocycles. The first-order valence-electron chi connectivity index (χ1n) is 8.85. The highest BCUT2D eigenvalue weighted by Crippen LogP contribution is 2.24. The van der Waals surface area contributed by atoms with E-state index in [1.54, 1.807) is 24.3 Å². The summed E-state index contributed by atoms with van der Waals surface area (Å²) in [5, 5.41) is 26.7. The lowest BCUT2D eigenvalue weighted by atomic mass is 10.0. The van der Waals surface area contributed by atoms with Crippen LogP contribution in [0.5, 0.6) is 5.88 Å². The second-order valence-corrected chi connectivity index (χ2v) is 6.65. The summed E-state index contributed by atoms with van der Waals surface area (Å²) in [7, 11) is 0. The molecule has 10 heteroatoms. The van der Waals surface area contributed by atoms with Gasteiger partial charge in [-0.2, -0.15) is 5.10 Å². The number of benzene rings is 2. The molecular weight excluding hydrogens is 395 g/mol. The number of H-pyrrole nitrogens is 2. The molecule has 0 spiro atoms. The quantitative estimate of drug-likeness (QED) is 0.393. The van der Waals surface area contributed by atoms with E-state index in [0.29, 0.717) is 26.6 Å². The van der Waals surface area contributed by atoms with Gasteiger partial charge in [-0.25, -0.2) is 18.9 Å². The van der Waals surface area contributed by atoms with Gasteiger partial charge in [-0.3, -0.25) is 9.59 Å². The first-order valence-corrected chi connectivity index (χ1v) is 8.85. The number of aromatic hydroxyl groups is 1. The smallest absolute Gasteiger partial charge is 0.333 e. The lowest BCUT2D eigenvalue weighted by molar-refractivity contribution is -0.136. The molecule has 0 fully saturated rings. The van der Waals surface area contributed by atoms with Crippen LogP contribution in [-0.4, -0.2) is 35.9 Å². The van der Waals surface area contributed by atoms with Crippen LogP contribution in [0.3, 0.4) is 0 Å². The minimum atomic E-state index is -1.26. The maximum atomic E-state index is 14.5. The molecule has 0 unspecified atom stereocenters. The fourth-order valence-corrected chi connectivity index (χ4v) is 3.31. The number of aromatic nitrogens is 4. The standard InChI is InChI=1S/C20H15FN4O5/c21-13-6-5-10(7-14-11-3-1-2-4-12(11)18(28)24-23-14)8-16(13)25-19(29)15(9-17(26)27)22-20(25)30/h1-6,8,29H,7,9H2,(H,22,30)(H,24,28)(H,26,27). The zero-order chi connectivity index (χ0) is 21.4. The molecule has 0 aliphatic rings. The van der Waals surface area contributed by atoms with Crippen LogP contribution in [0.25, 0.3) is 16.5 Å². The Hall–Kier alpha value is -4.21. The number of nitrogens with zero attached hydrogens (tertiary/aromatic N) is 2. The molecule has 4 rings (SSSR count). The number of hydrogen-bond acceptors (Lipinski definition) is 5. The zero-order valence-electron chi connectivity index (χ0n) is 15.3. The number of imidazole rings is 1. The lowest BCUT2D eigenvalue weighted by Gasteiger charge is -2.09. The van der Waals surface area contributed by atoms with Crippen LogP contribution in [0, 0.1) is 5.82 Å². The van der Waals surface area contributed by atoms with Crippen molar-refractivity contribution >= 4 is 16.7 Å². The molecule has 0 radical (unpaired) electrons. The molecule has 0 saturated carbocycles. The highest BCUT2D eigenvalue weighted by atomic mass is 19.1. The van der Waals surface area contributed by atoms with Crippen molar-refractivity contribution in [3.8, 4) is 11.6 Å². The maximum Gasteiger partial charge on any atom is 0.333 e. The summed E-state index contributed by atoms with van der Waals surface area (Å²) < 4.78 is 15.1. The third-order valence-corrected chi connectivity index (χ3v) is 4.67. The summed E-state index contributed by atoms with van der Waals surface area (Å²) in [6.45, 7) is 0. The number of carboxylic acids is 1. The van der Waals surface area contributed by atoms with E-state index in [-0.39, 0.29) is 23.4 Å². The normalized spacial score (nSPS) is 11.1. The van der Waals surface area contributed by atoms with Gasteiger partial charge in [-0.05, 0) is 23.8 Å². The monoisotopic (exact) mass is 410 g/mol. The van der Waals surface area contributed by atoms with Crippen molar-refractivity contribution in [2.45, 2.75) is 12.8 Å². The van der Waals surface area contributed by atoms with E-state index in [4.69, 9.17) is 5.11 Å². The first kappa shape index (κ1) is 19.1. The lowest BCUT2D eigenvalue weighted by Crippen LogP contribution is -2.16. The van der Waals surface area contributed by atoms with Crippen molar-refractivity contribution in [3.63, 3.8) is 0 Å². The minimum Gasteiger partial charge on any atom is -0.493 e. The van der Waals surface area contributed by atoms with Gasteiger partial charge in [0.1, 0.15) is 5.82 Å². The predicted molar refractivity (Wildman–Crippen MR) is 105 cm³/mol. The van der Waals surface area contributed by atoms with Crippen molar-refractivity contribution in [2.24, 2.45) is 0 Å². The third-order valence-electron chi connectivity index (χ3n) is 4.67. The van der Waals surface area contributed by atoms with Crippen LogP contribution in [0.2, 0.25) is 0 Å². The van der Waals surface area contributed by atoms with Gasteiger partial charge in [0.25, 0.3) is 5.56 Å². The Labute approximate surface area is 167 Å². The molecule has 30 heavy (non-hydrogen) atoms. The van der Waals surface area contributed by atoms with Crippen LogP contribution in [0.15, 0.2) is 52.1 Å². The van der Waals surface area contributed by atoms with Gasteiger partial charge in [0.15, 0.2) is 0 Å². The number of nitrogens with one attached hydrogen (secondary N) is 2. The molecule has 0 aliphatic carbocycles. The molecule has 152 valence electrons. The second-order valence-electron chi connectivity index (χ2n) is 6.65. The van der Waals surface area contributed by atoms with Gasteiger partial charge < -0.3 is 15.2 Å². The predicted octanol–water partition coefficient (Wildman–Crippen LogP) is 1.46. The van der Waals surface area contributed by atoms with E-state index in [0.717, 1.165) is 6.07 Å². The number of carbonyl (C=O) groups is 1. The molecule has 9 nitrogen and oxygen atoms in total. The first-order chi connectivity index (χ1) is 14.3. The summed E-state index contributed by atoms with van der Waals surface area (Å²) in [5.41, 5.74) is -0.568. The summed E-state index contributed by atoms with van der Waals surface area (Å²) in [6.07, 6.45) is -0.408. The third kappa shape index (κ3) is 3.34. The molecular formula is C20H15FN4O5. The summed E-state index contributed by atoms with van der Waals surface area (Å²) in [4.78, 5) is 37.3. The van der Waals surface area contributed by atoms with Gasteiger partial charge in [0.05, 0.1) is 28.9 Å². The van der Waals surface area contributed by atoms with Crippen molar-refractivity contribution < 1.29 is 19.4 Å². The average molecular weight is 410 g/mol. The van der Waals surface area contributed by atoms with Crippen LogP contribution in [0.4, 0.5) is 4.39 Å². The Kier molecular flexibility index (Phi) is 4.66. The van der Waals surface area contributed by atoms with Gasteiger partial charge >= 0.3 is 11.7 Å². The van der Waals surface area contributed by atoms with E-state index >= 15 is 0 Å². The molecule has 4 N–H and O–H groups in total. The minimum absolute atomic E-state index is 0.215. The van der Waals surface area contributed by atoms with Crippen molar-refractivity contribution in [2.75, 3.05) is 0 Å². The number of aliphatic carboxylic acids is 1. The molecule has 4 aromatic rings. The maximum absolute atomic E-state index is 14.5. The summed E-state index contributed by atoms with van der Waals surface area (Å²) in [6, 6.07) is 10.9. The van der Waals surface area contributed by atoms with E-state index < -0.39 is 29.8 Å². The number of halogens is 1. The van der Waals surface area contributed by atoms with Crippen LogP contribution < -0.4 is 11.2 Å². The van der Waals surface area contributed by atoms with E-state index in [1.165, 1.54) is 12.1 Å². The summed E-state index contributed by atoms with van der Waals surface area (Å²) in [5.74, 6) is -2.72. The topological polar surface area (TPSA) is 141 Å². The van der Waals surface area contributed by atoms with Crippen molar-refractivity contribution in [1.82, 2.24) is 19.7 Å². The Morgan fingerprint density at radius 2 is 1.87 bits per heavy atom. The molecule has 0 amide bonds. The summed E-state index contributed by atoms with van der Waals surface area (Å²) >= 11 is 0. The number of aromatic amines is 2. The van der Waals surface area contributed by atoms with E-state index in [2.05, 4.69) is 15.2 Å². The number of carboxylic acid groups (broad SMARTS) is 1. The molecule has 2 heterocycles. The van der Waals surface area contributed by atoms with Crippen LogP contribution in [-0.2, 0) is 17.6 Å². The number of hydrogen-bond donors (Lipinski definition) is 4. The highest BCUT2D eigenvalue weighted by Gasteiger charge is 2.20. The van der Waals surface area contributed by atoms with E-state index in [1.807, 2.05) is 0 Å². The molecule has 0 atom stereocenters. The van der Waals surface area contributed by atoms with Crippen molar-refractivity contribution in [3.05, 3.63) is 86.1 Å². The Morgan fingerprint density at radius 1 is 1.13 bits per heavy atom. The van der Waals surface area contributed by atoms with Gasteiger partial charge in [-0.15, -0.1) is 0 Å². The Balaban J connectivity index is 1.79. The highest BCUT2D eigenvalue weighted by molar-refractivity contribution is 5.83. The number of rotatable bonds is 5. The van der Waals surface area contributed by atoms with Crippen LogP contribution >= 0.6 is 0 Å². The number of fused-ring (bicyclic) bond motifs is 1. The second kappa shape index (κ2) is 7.32. The van der Waals surface area contributed by atoms with Gasteiger partial charge in [0, 0.05) is 11.8 Å². The van der Waals surface area contributed by atoms with Gasteiger partial charge in [-0.1, -0.05) is 24.3 Å². The zero-order valence-corrected chi connectivity index (χ0v) is 15.3. The SMILES string of the molecule is O=C(O)Cc1[nH]c(=O)n(-c2cc(Cc3n[nH]c(=O)c4ccccc34)ccc2F)c1O. The fourth-order valence-electron chi connectivity index (χ4n) is 3.31. The molecule has 2 aromatic heterocycles. The van der Waals surface area contributed by atoms with Crippen LogP contribution in [0.1, 0.15) is 17.0 Å². The van der Waals surface area contributed by atoms with Crippen molar-refractivity contribution in [1.29, 1.82) is 0 Å². The van der Waals surface area contributed by atoms with E-state index in [9.17, 15) is 23.9 Å². The molecule has 0 saturated heterocycles.